The SMILES string of the molecule is O=C(O)C1Cc2ccccc2CN1c1nc(Br)cs1. The molecule has 0 spiro atoms. The van der Waals surface area contributed by atoms with Crippen molar-refractivity contribution in [3.63, 3.8) is 0 Å². The highest BCUT2D eigenvalue weighted by Gasteiger charge is 2.32. The zero-order valence-corrected chi connectivity index (χ0v) is 12.3. The summed E-state index contributed by atoms with van der Waals surface area (Å²) < 4.78 is 0.746. The molecule has 1 N–H and O–H groups in total. The van der Waals surface area contributed by atoms with Crippen molar-refractivity contribution in [1.82, 2.24) is 4.98 Å². The van der Waals surface area contributed by atoms with Crippen LogP contribution in [0.3, 0.4) is 0 Å². The molecule has 1 aromatic carbocycles. The summed E-state index contributed by atoms with van der Waals surface area (Å²) in [6, 6.07) is 7.43. The zero-order valence-electron chi connectivity index (χ0n) is 9.91. The van der Waals surface area contributed by atoms with Gasteiger partial charge in [-0.1, -0.05) is 24.3 Å². The van der Waals surface area contributed by atoms with Crippen molar-refractivity contribution >= 4 is 38.4 Å². The van der Waals surface area contributed by atoms with Crippen molar-refractivity contribution in [3.8, 4) is 0 Å². The van der Waals surface area contributed by atoms with Crippen LogP contribution in [0, 0.1) is 0 Å². The van der Waals surface area contributed by atoms with Crippen LogP contribution in [-0.4, -0.2) is 22.1 Å². The smallest absolute Gasteiger partial charge is 0.326 e. The lowest BCUT2D eigenvalue weighted by atomic mass is 9.94. The zero-order chi connectivity index (χ0) is 13.4. The van der Waals surface area contributed by atoms with Crippen molar-refractivity contribution in [2.45, 2.75) is 19.0 Å². The molecule has 0 radical (unpaired) electrons. The fourth-order valence-electron chi connectivity index (χ4n) is 2.32. The number of aromatic nitrogens is 1. The van der Waals surface area contributed by atoms with Crippen molar-refractivity contribution in [2.24, 2.45) is 0 Å². The van der Waals surface area contributed by atoms with Gasteiger partial charge in [-0.05, 0) is 27.1 Å². The molecule has 4 nitrogen and oxygen atoms in total. The molecule has 3 rings (SSSR count). The van der Waals surface area contributed by atoms with Gasteiger partial charge in [-0.25, -0.2) is 9.78 Å². The Morgan fingerprint density at radius 2 is 2.16 bits per heavy atom. The van der Waals surface area contributed by atoms with E-state index in [1.807, 2.05) is 34.5 Å². The topological polar surface area (TPSA) is 53.4 Å². The Balaban J connectivity index is 2.00. The molecule has 1 aromatic heterocycles. The van der Waals surface area contributed by atoms with E-state index in [2.05, 4.69) is 20.9 Å². The largest absolute Gasteiger partial charge is 0.480 e. The number of carboxylic acids is 1. The molecule has 1 aliphatic heterocycles. The number of anilines is 1. The molecule has 2 aromatic rings. The van der Waals surface area contributed by atoms with Crippen molar-refractivity contribution in [1.29, 1.82) is 0 Å². The first-order valence-electron chi connectivity index (χ1n) is 5.82. The summed E-state index contributed by atoms with van der Waals surface area (Å²) in [5.74, 6) is -0.805. The van der Waals surface area contributed by atoms with Crippen LogP contribution in [0.25, 0.3) is 0 Å². The summed E-state index contributed by atoms with van der Waals surface area (Å²) in [7, 11) is 0. The highest BCUT2D eigenvalue weighted by Crippen LogP contribution is 2.31. The summed E-state index contributed by atoms with van der Waals surface area (Å²) in [5.41, 5.74) is 2.29. The summed E-state index contributed by atoms with van der Waals surface area (Å²) >= 11 is 4.77. The second-order valence-electron chi connectivity index (χ2n) is 4.41. The molecule has 19 heavy (non-hydrogen) atoms. The molecule has 2 heterocycles. The van der Waals surface area contributed by atoms with Crippen molar-refractivity contribution in [2.75, 3.05) is 4.90 Å². The van der Waals surface area contributed by atoms with Gasteiger partial charge in [0.25, 0.3) is 0 Å². The van der Waals surface area contributed by atoms with E-state index in [0.717, 1.165) is 15.3 Å². The molecular formula is C13H11BrN2O2S. The van der Waals surface area contributed by atoms with E-state index in [-0.39, 0.29) is 0 Å². The normalized spacial score (nSPS) is 18.2. The first-order chi connectivity index (χ1) is 9.15. The molecule has 6 heteroatoms. The van der Waals surface area contributed by atoms with E-state index in [0.29, 0.717) is 13.0 Å². The molecule has 0 aliphatic carbocycles. The maximum absolute atomic E-state index is 11.5. The fraction of sp³-hybridized carbons (Fsp3) is 0.231. The maximum atomic E-state index is 11.5. The number of carbonyl (C=O) groups is 1. The third-order valence-electron chi connectivity index (χ3n) is 3.24. The Kier molecular flexibility index (Phi) is 3.28. The number of benzene rings is 1. The Morgan fingerprint density at radius 1 is 1.42 bits per heavy atom. The van der Waals surface area contributed by atoms with Gasteiger partial charge in [-0.15, -0.1) is 11.3 Å². The number of fused-ring (bicyclic) bond motifs is 1. The Hall–Kier alpha value is -1.40. The quantitative estimate of drug-likeness (QED) is 0.914. The maximum Gasteiger partial charge on any atom is 0.326 e. The number of thiazole rings is 1. The van der Waals surface area contributed by atoms with Crippen LogP contribution >= 0.6 is 27.3 Å². The summed E-state index contributed by atoms with van der Waals surface area (Å²) in [5, 5.41) is 12.0. The molecule has 1 unspecified atom stereocenters. The van der Waals surface area contributed by atoms with Gasteiger partial charge in [0.05, 0.1) is 0 Å². The van der Waals surface area contributed by atoms with Crippen LogP contribution in [0.5, 0.6) is 0 Å². The van der Waals surface area contributed by atoms with Crippen molar-refractivity contribution in [3.05, 3.63) is 45.4 Å². The molecule has 0 amide bonds. The summed E-state index contributed by atoms with van der Waals surface area (Å²) in [6.45, 7) is 0.590. The average Bonchev–Trinajstić information content (AvgIpc) is 2.83. The van der Waals surface area contributed by atoms with E-state index in [1.165, 1.54) is 16.9 Å². The molecule has 0 saturated heterocycles. The van der Waals surface area contributed by atoms with Gasteiger partial charge in [0.2, 0.25) is 0 Å². The van der Waals surface area contributed by atoms with E-state index in [4.69, 9.17) is 0 Å². The van der Waals surface area contributed by atoms with E-state index in [9.17, 15) is 9.90 Å². The van der Waals surface area contributed by atoms with E-state index >= 15 is 0 Å². The first kappa shape index (κ1) is 12.6. The molecular weight excluding hydrogens is 328 g/mol. The van der Waals surface area contributed by atoms with Crippen LogP contribution in [0.4, 0.5) is 5.13 Å². The van der Waals surface area contributed by atoms with E-state index in [1.54, 1.807) is 0 Å². The van der Waals surface area contributed by atoms with Gasteiger partial charge in [0.1, 0.15) is 10.6 Å². The standard InChI is InChI=1S/C13H11BrN2O2S/c14-11-7-19-13(15-11)16-6-9-4-2-1-3-8(9)5-10(16)12(17)18/h1-4,7,10H,5-6H2,(H,17,18). The number of nitrogens with zero attached hydrogens (tertiary/aromatic N) is 2. The minimum atomic E-state index is -0.805. The third-order valence-corrected chi connectivity index (χ3v) is 4.83. The third kappa shape index (κ3) is 2.37. The second-order valence-corrected chi connectivity index (χ2v) is 6.06. The number of hydrogen-bond donors (Lipinski definition) is 1. The van der Waals surface area contributed by atoms with Gasteiger partial charge < -0.3 is 10.0 Å². The molecule has 1 aliphatic rings. The predicted octanol–water partition coefficient (Wildman–Crippen LogP) is 2.92. The van der Waals surface area contributed by atoms with Gasteiger partial charge >= 0.3 is 5.97 Å². The van der Waals surface area contributed by atoms with Gasteiger partial charge in [0, 0.05) is 18.3 Å². The van der Waals surface area contributed by atoms with Crippen LogP contribution in [-0.2, 0) is 17.8 Å². The number of aliphatic carboxylic acids is 1. The molecule has 0 fully saturated rings. The molecule has 1 atom stereocenters. The summed E-state index contributed by atoms with van der Waals surface area (Å²) in [4.78, 5) is 17.7. The highest BCUT2D eigenvalue weighted by atomic mass is 79.9. The minimum Gasteiger partial charge on any atom is -0.480 e. The predicted molar refractivity (Wildman–Crippen MR) is 77.6 cm³/mol. The van der Waals surface area contributed by atoms with Gasteiger partial charge in [-0.2, -0.15) is 0 Å². The number of hydrogen-bond acceptors (Lipinski definition) is 4. The first-order valence-corrected chi connectivity index (χ1v) is 7.49. The number of rotatable bonds is 2. The molecule has 0 saturated carbocycles. The number of halogens is 1. The highest BCUT2D eigenvalue weighted by molar-refractivity contribution is 9.10. The van der Waals surface area contributed by atoms with Gasteiger partial charge in [-0.3, -0.25) is 0 Å². The lowest BCUT2D eigenvalue weighted by Crippen LogP contribution is -2.45. The van der Waals surface area contributed by atoms with Crippen molar-refractivity contribution < 1.29 is 9.90 Å². The average molecular weight is 339 g/mol. The van der Waals surface area contributed by atoms with Crippen LogP contribution in [0.1, 0.15) is 11.1 Å². The van der Waals surface area contributed by atoms with Crippen LogP contribution < -0.4 is 4.90 Å². The van der Waals surface area contributed by atoms with E-state index < -0.39 is 12.0 Å². The minimum absolute atomic E-state index is 0.517. The lowest BCUT2D eigenvalue weighted by molar-refractivity contribution is -0.138. The molecule has 98 valence electrons. The van der Waals surface area contributed by atoms with Gasteiger partial charge in [0.15, 0.2) is 5.13 Å². The van der Waals surface area contributed by atoms with Crippen LogP contribution in [0.2, 0.25) is 0 Å². The Morgan fingerprint density at radius 3 is 2.79 bits per heavy atom. The Bertz CT molecular complexity index is 629. The monoisotopic (exact) mass is 338 g/mol. The number of carboxylic acid groups (broad SMARTS) is 1. The fourth-order valence-corrected chi connectivity index (χ4v) is 3.62. The molecule has 0 bridgehead atoms. The lowest BCUT2D eigenvalue weighted by Gasteiger charge is -2.34. The second kappa shape index (κ2) is 4.94. The van der Waals surface area contributed by atoms with Crippen LogP contribution in [0.15, 0.2) is 34.2 Å². The summed E-state index contributed by atoms with van der Waals surface area (Å²) in [6.07, 6.45) is 0.517. The Labute approximate surface area is 122 Å².